The normalized spacial score (nSPS) is 12.0. The molecule has 0 N–H and O–H groups in total. The molecule has 0 saturated heterocycles. The number of thioether (sulfide) groups is 1. The quantitative estimate of drug-likeness (QED) is 0.332. The lowest BCUT2D eigenvalue weighted by molar-refractivity contribution is 0.0996. The Morgan fingerprint density at radius 2 is 1.77 bits per heavy atom. The summed E-state index contributed by atoms with van der Waals surface area (Å²) in [4.78, 5) is 19.1. The van der Waals surface area contributed by atoms with E-state index < -0.39 is 0 Å². The Morgan fingerprint density at radius 1 is 1.10 bits per heavy atom. The van der Waals surface area contributed by atoms with Gasteiger partial charge in [0.15, 0.2) is 4.80 Å². The summed E-state index contributed by atoms with van der Waals surface area (Å²) in [6, 6.07) is 11.3. The van der Waals surface area contributed by atoms with Crippen LogP contribution in [0, 0.1) is 0 Å². The smallest absolute Gasteiger partial charge is 0.279 e. The largest absolute Gasteiger partial charge is 0.495 e. The first kappa shape index (κ1) is 23.4. The Labute approximate surface area is 190 Å². The van der Waals surface area contributed by atoms with Crippen molar-refractivity contribution in [2.75, 3.05) is 27.4 Å². The number of methoxy groups -OCH3 is 2. The van der Waals surface area contributed by atoms with Gasteiger partial charge in [-0.25, -0.2) is 0 Å². The molecule has 0 fully saturated rings. The molecule has 1 aromatic heterocycles. The maximum absolute atomic E-state index is 12.9. The highest BCUT2D eigenvalue weighted by atomic mass is 32.2. The number of amides is 1. The zero-order chi connectivity index (χ0) is 22.4. The van der Waals surface area contributed by atoms with E-state index in [0.717, 1.165) is 20.9 Å². The summed E-state index contributed by atoms with van der Waals surface area (Å²) in [6.07, 6.45) is 0. The maximum atomic E-state index is 12.9. The second kappa shape index (κ2) is 10.8. The first-order valence-electron chi connectivity index (χ1n) is 10.2. The Hall–Kier alpha value is -2.29. The number of hydrogen-bond acceptors (Lipinski definition) is 6. The number of benzene rings is 2. The molecular formula is C23H28N2O4S2. The highest BCUT2D eigenvalue weighted by Gasteiger charge is 2.17. The van der Waals surface area contributed by atoms with E-state index in [1.54, 1.807) is 26.0 Å². The SMILES string of the molecule is CCOCCn1c(=NC(=O)c2ccc(SC(C)C)cc2)sc2c(OC)ccc(OC)c21. The van der Waals surface area contributed by atoms with Crippen LogP contribution in [-0.2, 0) is 11.3 Å². The molecule has 0 bridgehead atoms. The van der Waals surface area contributed by atoms with Gasteiger partial charge >= 0.3 is 0 Å². The van der Waals surface area contributed by atoms with Gasteiger partial charge in [0.05, 0.1) is 20.8 Å². The number of thiazole rings is 1. The number of carbonyl (C=O) groups excluding carboxylic acids is 1. The fraction of sp³-hybridized carbons (Fsp3) is 0.391. The minimum atomic E-state index is -0.282. The minimum absolute atomic E-state index is 0.282. The number of hydrogen-bond donors (Lipinski definition) is 0. The Balaban J connectivity index is 2.07. The van der Waals surface area contributed by atoms with E-state index in [1.165, 1.54) is 11.3 Å². The van der Waals surface area contributed by atoms with Crippen molar-refractivity contribution in [1.29, 1.82) is 0 Å². The zero-order valence-electron chi connectivity index (χ0n) is 18.5. The van der Waals surface area contributed by atoms with Crippen LogP contribution in [0.15, 0.2) is 46.3 Å². The lowest BCUT2D eigenvalue weighted by Crippen LogP contribution is -2.20. The Morgan fingerprint density at radius 3 is 2.39 bits per heavy atom. The number of rotatable bonds is 9. The Bertz CT molecular complexity index is 1100. The van der Waals surface area contributed by atoms with E-state index in [0.29, 0.717) is 41.1 Å². The molecule has 1 heterocycles. The maximum Gasteiger partial charge on any atom is 0.279 e. The second-order valence-corrected chi connectivity index (χ2v) is 9.62. The topological polar surface area (TPSA) is 62.1 Å². The average Bonchev–Trinajstić information content (AvgIpc) is 3.11. The number of carbonyl (C=O) groups is 1. The lowest BCUT2D eigenvalue weighted by atomic mass is 10.2. The van der Waals surface area contributed by atoms with Crippen LogP contribution in [-0.4, -0.2) is 43.2 Å². The molecule has 31 heavy (non-hydrogen) atoms. The summed E-state index contributed by atoms with van der Waals surface area (Å²) in [6.45, 7) is 7.91. The molecule has 3 rings (SSSR count). The van der Waals surface area contributed by atoms with Gasteiger partial charge in [0, 0.05) is 28.9 Å². The van der Waals surface area contributed by atoms with Gasteiger partial charge in [0.25, 0.3) is 5.91 Å². The minimum Gasteiger partial charge on any atom is -0.495 e. The third-order valence-corrected chi connectivity index (χ3v) is 6.63. The molecule has 0 unspecified atom stereocenters. The third kappa shape index (κ3) is 5.50. The number of ether oxygens (including phenoxy) is 3. The first-order chi connectivity index (χ1) is 15.0. The van der Waals surface area contributed by atoms with Crippen molar-refractivity contribution in [3.63, 3.8) is 0 Å². The van der Waals surface area contributed by atoms with Crippen molar-refractivity contribution in [1.82, 2.24) is 4.57 Å². The molecule has 8 heteroatoms. The summed E-state index contributed by atoms with van der Waals surface area (Å²) >= 11 is 3.17. The van der Waals surface area contributed by atoms with Gasteiger partial charge in [0.2, 0.25) is 0 Å². The van der Waals surface area contributed by atoms with Crippen LogP contribution >= 0.6 is 23.1 Å². The van der Waals surface area contributed by atoms with Crippen LogP contribution in [0.1, 0.15) is 31.1 Å². The predicted molar refractivity (Wildman–Crippen MR) is 127 cm³/mol. The third-order valence-electron chi connectivity index (χ3n) is 4.53. The number of aromatic nitrogens is 1. The van der Waals surface area contributed by atoms with Crippen molar-refractivity contribution in [3.8, 4) is 11.5 Å². The standard InChI is InChI=1S/C23H28N2O4S2/c1-6-29-14-13-25-20-18(27-4)11-12-19(28-5)21(20)31-23(25)24-22(26)16-7-9-17(10-8-16)30-15(2)3/h7-12,15H,6,13-14H2,1-5H3. The van der Waals surface area contributed by atoms with E-state index in [4.69, 9.17) is 14.2 Å². The molecule has 2 aromatic carbocycles. The molecule has 166 valence electrons. The summed E-state index contributed by atoms with van der Waals surface area (Å²) in [7, 11) is 3.26. The summed E-state index contributed by atoms with van der Waals surface area (Å²) < 4.78 is 19.5. The Kier molecular flexibility index (Phi) is 8.17. The summed E-state index contributed by atoms with van der Waals surface area (Å²) in [5.74, 6) is 1.14. The highest BCUT2D eigenvalue weighted by Crippen LogP contribution is 2.35. The van der Waals surface area contributed by atoms with Gasteiger partial charge in [-0.1, -0.05) is 25.2 Å². The van der Waals surface area contributed by atoms with Crippen molar-refractivity contribution >= 4 is 39.2 Å². The van der Waals surface area contributed by atoms with E-state index in [1.807, 2.05) is 47.9 Å². The summed E-state index contributed by atoms with van der Waals surface area (Å²) in [5.41, 5.74) is 1.41. The number of nitrogens with zero attached hydrogens (tertiary/aromatic N) is 2. The molecule has 0 saturated carbocycles. The molecule has 0 aliphatic rings. The van der Waals surface area contributed by atoms with Crippen LogP contribution in [0.3, 0.4) is 0 Å². The van der Waals surface area contributed by atoms with Gasteiger partial charge in [-0.3, -0.25) is 4.79 Å². The van der Waals surface area contributed by atoms with E-state index >= 15 is 0 Å². The fourth-order valence-corrected chi connectivity index (χ4v) is 5.15. The summed E-state index contributed by atoms with van der Waals surface area (Å²) in [5, 5.41) is 0.485. The van der Waals surface area contributed by atoms with Crippen molar-refractivity contribution < 1.29 is 19.0 Å². The lowest BCUT2D eigenvalue weighted by Gasteiger charge is -2.10. The monoisotopic (exact) mass is 460 g/mol. The molecular weight excluding hydrogens is 432 g/mol. The van der Waals surface area contributed by atoms with Crippen molar-refractivity contribution in [2.24, 2.45) is 4.99 Å². The van der Waals surface area contributed by atoms with Crippen LogP contribution in [0.4, 0.5) is 0 Å². The molecule has 6 nitrogen and oxygen atoms in total. The molecule has 0 spiro atoms. The molecule has 0 atom stereocenters. The van der Waals surface area contributed by atoms with Crippen LogP contribution < -0.4 is 14.3 Å². The van der Waals surface area contributed by atoms with Crippen molar-refractivity contribution in [2.45, 2.75) is 37.5 Å². The van der Waals surface area contributed by atoms with Gasteiger partial charge in [-0.05, 0) is 43.3 Å². The average molecular weight is 461 g/mol. The number of fused-ring (bicyclic) bond motifs is 1. The highest BCUT2D eigenvalue weighted by molar-refractivity contribution is 7.99. The van der Waals surface area contributed by atoms with E-state index in [9.17, 15) is 4.79 Å². The van der Waals surface area contributed by atoms with Gasteiger partial charge < -0.3 is 18.8 Å². The van der Waals surface area contributed by atoms with Crippen LogP contribution in [0.2, 0.25) is 0 Å². The molecule has 0 aliphatic heterocycles. The van der Waals surface area contributed by atoms with Gasteiger partial charge in [0.1, 0.15) is 21.7 Å². The van der Waals surface area contributed by atoms with Crippen molar-refractivity contribution in [3.05, 3.63) is 46.8 Å². The zero-order valence-corrected chi connectivity index (χ0v) is 20.1. The van der Waals surface area contributed by atoms with E-state index in [2.05, 4.69) is 18.8 Å². The first-order valence-corrected chi connectivity index (χ1v) is 11.9. The molecule has 3 aromatic rings. The molecule has 0 aliphatic carbocycles. The fourth-order valence-electron chi connectivity index (χ4n) is 3.15. The molecule has 0 radical (unpaired) electrons. The van der Waals surface area contributed by atoms with Gasteiger partial charge in [-0.2, -0.15) is 4.99 Å². The predicted octanol–water partition coefficient (Wildman–Crippen LogP) is 5.00. The van der Waals surface area contributed by atoms with Crippen LogP contribution in [0.5, 0.6) is 11.5 Å². The van der Waals surface area contributed by atoms with Crippen LogP contribution in [0.25, 0.3) is 10.2 Å². The second-order valence-electron chi connectivity index (χ2n) is 6.99. The van der Waals surface area contributed by atoms with Gasteiger partial charge in [-0.15, -0.1) is 11.8 Å². The molecule has 1 amide bonds. The van der Waals surface area contributed by atoms with E-state index in [-0.39, 0.29) is 5.91 Å².